The molecule has 2 unspecified atom stereocenters. The van der Waals surface area contributed by atoms with E-state index in [1.54, 1.807) is 6.07 Å². The fraction of sp³-hybridized carbons (Fsp3) is 0.500. The number of benzene rings is 1. The Bertz CT molecular complexity index is 1230. The first-order chi connectivity index (χ1) is 17.5. The fourth-order valence-electron chi connectivity index (χ4n) is 5.08. The van der Waals surface area contributed by atoms with Crippen LogP contribution in [-0.2, 0) is 0 Å². The molecule has 8 nitrogen and oxygen atoms in total. The average Bonchev–Trinajstić information content (AvgIpc) is 3.44. The highest BCUT2D eigenvalue weighted by Crippen LogP contribution is 2.37. The molecule has 36 heavy (non-hydrogen) atoms. The summed E-state index contributed by atoms with van der Waals surface area (Å²) in [5.74, 6) is 0.566. The van der Waals surface area contributed by atoms with E-state index < -0.39 is 0 Å². The van der Waals surface area contributed by atoms with Gasteiger partial charge < -0.3 is 25.6 Å². The quantitative estimate of drug-likeness (QED) is 0.416. The zero-order chi connectivity index (χ0) is 25.1. The molecule has 2 aliphatic heterocycles. The van der Waals surface area contributed by atoms with Gasteiger partial charge in [-0.2, -0.15) is 0 Å². The van der Waals surface area contributed by atoms with Gasteiger partial charge in [0.05, 0.1) is 16.0 Å². The second-order valence-electron chi connectivity index (χ2n) is 9.63. The number of likely N-dealkylation sites (tertiary alicyclic amines) is 1. The van der Waals surface area contributed by atoms with E-state index >= 15 is 0 Å². The van der Waals surface area contributed by atoms with Crippen molar-refractivity contribution in [2.45, 2.75) is 51.2 Å². The van der Waals surface area contributed by atoms with Gasteiger partial charge in [-0.25, -0.2) is 14.4 Å². The number of hydrogen-bond acceptors (Lipinski definition) is 8. The van der Waals surface area contributed by atoms with Crippen molar-refractivity contribution < 1.29 is 13.9 Å². The van der Waals surface area contributed by atoms with E-state index in [4.69, 9.17) is 4.74 Å². The Morgan fingerprint density at radius 2 is 2.19 bits per heavy atom. The summed E-state index contributed by atoms with van der Waals surface area (Å²) in [4.78, 5) is 25.6. The van der Waals surface area contributed by atoms with E-state index in [1.165, 1.54) is 42.6 Å². The zero-order valence-electron chi connectivity index (χ0n) is 20.8. The van der Waals surface area contributed by atoms with E-state index in [0.717, 1.165) is 54.7 Å². The van der Waals surface area contributed by atoms with Crippen LogP contribution in [0.3, 0.4) is 0 Å². The summed E-state index contributed by atoms with van der Waals surface area (Å²) in [7, 11) is 2.15. The molecule has 0 aliphatic carbocycles. The van der Waals surface area contributed by atoms with Crippen molar-refractivity contribution in [3.05, 3.63) is 40.8 Å². The Morgan fingerprint density at radius 3 is 2.97 bits per heavy atom. The van der Waals surface area contributed by atoms with Crippen LogP contribution in [0.5, 0.6) is 5.75 Å². The standard InChI is InChI=1S/C26H33FN6O2S/c1-16-22-24(32-20-8-7-17(27)13-21(20)35-19-6-3-10-28-14-19)30-15-31-26(22)36-23(16)25(34)29-11-9-18-5-4-12-33(18)2/h7-8,13,15,18-19,28H,3-6,9-12,14H2,1-2H3,(H,29,34)(H,30,31,32). The number of carbonyl (C=O) groups excluding carboxylic acids is 1. The number of nitrogens with one attached hydrogen (secondary N) is 3. The molecule has 2 saturated heterocycles. The molecule has 1 amide bonds. The third-order valence-electron chi connectivity index (χ3n) is 7.11. The average molecular weight is 513 g/mol. The molecule has 1 aromatic carbocycles. The van der Waals surface area contributed by atoms with Gasteiger partial charge in [0.1, 0.15) is 34.6 Å². The van der Waals surface area contributed by atoms with Gasteiger partial charge in [-0.15, -0.1) is 11.3 Å². The summed E-state index contributed by atoms with van der Waals surface area (Å²) in [5, 5.41) is 10.5. The molecule has 0 spiro atoms. The molecule has 5 rings (SSSR count). The van der Waals surface area contributed by atoms with Crippen molar-refractivity contribution >= 4 is 39.0 Å². The molecular formula is C26H33FN6O2S. The number of aryl methyl sites for hydroxylation is 1. The number of anilines is 2. The number of nitrogens with zero attached hydrogens (tertiary/aromatic N) is 3. The van der Waals surface area contributed by atoms with Crippen LogP contribution >= 0.6 is 11.3 Å². The Balaban J connectivity index is 1.34. The van der Waals surface area contributed by atoms with Crippen LogP contribution in [-0.4, -0.2) is 66.1 Å². The van der Waals surface area contributed by atoms with Gasteiger partial charge in [-0.05, 0) is 76.9 Å². The summed E-state index contributed by atoms with van der Waals surface area (Å²) in [6, 6.07) is 4.99. The highest BCUT2D eigenvalue weighted by atomic mass is 32.1. The first-order valence-corrected chi connectivity index (χ1v) is 13.5. The molecule has 2 aliphatic rings. The lowest BCUT2D eigenvalue weighted by atomic mass is 10.1. The molecule has 0 radical (unpaired) electrons. The molecular weight excluding hydrogens is 479 g/mol. The largest absolute Gasteiger partial charge is 0.487 e. The molecule has 3 aromatic rings. The van der Waals surface area contributed by atoms with Gasteiger partial charge in [0.25, 0.3) is 5.91 Å². The number of fused-ring (bicyclic) bond motifs is 1. The Labute approximate surface area is 214 Å². The lowest BCUT2D eigenvalue weighted by molar-refractivity contribution is 0.0954. The smallest absolute Gasteiger partial charge is 0.261 e. The van der Waals surface area contributed by atoms with Gasteiger partial charge in [0.15, 0.2) is 0 Å². The van der Waals surface area contributed by atoms with Crippen LogP contribution in [0.4, 0.5) is 15.9 Å². The first-order valence-electron chi connectivity index (χ1n) is 12.7. The van der Waals surface area contributed by atoms with Crippen molar-refractivity contribution in [1.29, 1.82) is 0 Å². The molecule has 192 valence electrons. The number of halogens is 1. The maximum atomic E-state index is 14.1. The second-order valence-corrected chi connectivity index (χ2v) is 10.6. The summed E-state index contributed by atoms with van der Waals surface area (Å²) in [5.41, 5.74) is 1.45. The van der Waals surface area contributed by atoms with Crippen molar-refractivity contribution in [1.82, 2.24) is 25.5 Å². The number of carbonyl (C=O) groups is 1. The van der Waals surface area contributed by atoms with Gasteiger partial charge in [0.2, 0.25) is 0 Å². The number of ether oxygens (including phenoxy) is 1. The summed E-state index contributed by atoms with van der Waals surface area (Å²) >= 11 is 1.36. The lowest BCUT2D eigenvalue weighted by Gasteiger charge is -2.25. The molecule has 3 N–H and O–H groups in total. The minimum absolute atomic E-state index is 0.0197. The third kappa shape index (κ3) is 5.45. The topological polar surface area (TPSA) is 91.4 Å². The Morgan fingerprint density at radius 1 is 1.31 bits per heavy atom. The van der Waals surface area contributed by atoms with Crippen LogP contribution in [0, 0.1) is 12.7 Å². The number of thiophene rings is 1. The Hall–Kier alpha value is -2.82. The third-order valence-corrected chi connectivity index (χ3v) is 8.31. The van der Waals surface area contributed by atoms with Crippen LogP contribution < -0.4 is 20.7 Å². The van der Waals surface area contributed by atoms with Crippen LogP contribution in [0.25, 0.3) is 10.2 Å². The number of aromatic nitrogens is 2. The molecule has 4 heterocycles. The molecule has 2 atom stereocenters. The van der Waals surface area contributed by atoms with Gasteiger partial charge in [0, 0.05) is 25.2 Å². The van der Waals surface area contributed by atoms with E-state index in [0.29, 0.717) is 34.7 Å². The SMILES string of the molecule is Cc1c(C(=O)NCCC2CCCN2C)sc2ncnc(Nc3ccc(F)cc3OC3CCCNC3)c12. The maximum absolute atomic E-state index is 14.1. The molecule has 0 bridgehead atoms. The highest BCUT2D eigenvalue weighted by molar-refractivity contribution is 7.20. The van der Waals surface area contributed by atoms with E-state index in [2.05, 4.69) is 37.9 Å². The molecule has 2 fully saturated rings. The van der Waals surface area contributed by atoms with Crippen molar-refractivity contribution in [2.24, 2.45) is 0 Å². The van der Waals surface area contributed by atoms with Gasteiger partial charge >= 0.3 is 0 Å². The van der Waals surface area contributed by atoms with E-state index in [9.17, 15) is 9.18 Å². The predicted molar refractivity (Wildman–Crippen MR) is 141 cm³/mol. The summed E-state index contributed by atoms with van der Waals surface area (Å²) in [6.45, 7) is 5.39. The molecule has 0 saturated carbocycles. The monoisotopic (exact) mass is 512 g/mol. The van der Waals surface area contributed by atoms with Crippen LogP contribution in [0.2, 0.25) is 0 Å². The second kappa shape index (κ2) is 11.1. The number of rotatable bonds is 8. The minimum atomic E-state index is -0.360. The van der Waals surface area contributed by atoms with Crippen LogP contribution in [0.15, 0.2) is 24.5 Å². The number of piperidine rings is 1. The van der Waals surface area contributed by atoms with Crippen molar-refractivity contribution in [2.75, 3.05) is 38.5 Å². The summed E-state index contributed by atoms with van der Waals surface area (Å²) in [6.07, 6.45) is 6.75. The highest BCUT2D eigenvalue weighted by Gasteiger charge is 2.23. The number of hydrogen-bond donors (Lipinski definition) is 3. The predicted octanol–water partition coefficient (Wildman–Crippen LogP) is 4.23. The maximum Gasteiger partial charge on any atom is 0.261 e. The first kappa shape index (κ1) is 24.9. The lowest BCUT2D eigenvalue weighted by Crippen LogP contribution is -2.37. The number of amides is 1. The van der Waals surface area contributed by atoms with E-state index in [-0.39, 0.29) is 17.8 Å². The summed E-state index contributed by atoms with van der Waals surface area (Å²) < 4.78 is 20.2. The molecule has 2 aromatic heterocycles. The minimum Gasteiger partial charge on any atom is -0.487 e. The van der Waals surface area contributed by atoms with Gasteiger partial charge in [-0.1, -0.05) is 0 Å². The van der Waals surface area contributed by atoms with E-state index in [1.807, 2.05) is 6.92 Å². The normalized spacial score (nSPS) is 20.5. The zero-order valence-corrected chi connectivity index (χ0v) is 21.6. The van der Waals surface area contributed by atoms with Crippen LogP contribution in [0.1, 0.15) is 47.3 Å². The fourth-order valence-corrected chi connectivity index (χ4v) is 6.15. The molecule has 10 heteroatoms. The van der Waals surface area contributed by atoms with Crippen molar-refractivity contribution in [3.63, 3.8) is 0 Å². The van der Waals surface area contributed by atoms with Gasteiger partial charge in [-0.3, -0.25) is 4.79 Å². The Kier molecular flexibility index (Phi) is 7.64. The van der Waals surface area contributed by atoms with Crippen molar-refractivity contribution in [3.8, 4) is 5.75 Å².